The molecule has 0 fully saturated rings. The molecule has 0 unspecified atom stereocenters. The summed E-state index contributed by atoms with van der Waals surface area (Å²) in [5, 5.41) is 11.2. The second-order valence-electron chi connectivity index (χ2n) is 6.97. The maximum atomic E-state index is 12.0. The zero-order chi connectivity index (χ0) is 21.2. The van der Waals surface area contributed by atoms with Crippen LogP contribution in [0, 0.1) is 0 Å². The van der Waals surface area contributed by atoms with Gasteiger partial charge in [0.15, 0.2) is 0 Å². The number of carbonyl (C=O) groups is 2. The Balaban J connectivity index is 1.31. The van der Waals surface area contributed by atoms with Crippen LogP contribution in [0.15, 0.2) is 48.5 Å². The first-order valence-electron chi connectivity index (χ1n) is 10.1. The fourth-order valence-electron chi connectivity index (χ4n) is 3.50. The van der Waals surface area contributed by atoms with Crippen LogP contribution >= 0.6 is 0 Å². The second kappa shape index (κ2) is 11.3. The van der Waals surface area contributed by atoms with Gasteiger partial charge in [-0.1, -0.05) is 48.5 Å². The van der Waals surface area contributed by atoms with Gasteiger partial charge < -0.3 is 24.6 Å². The first-order chi connectivity index (χ1) is 14.7. The quantitative estimate of drug-likeness (QED) is 0.518. The predicted molar refractivity (Wildman–Crippen MR) is 112 cm³/mol. The predicted octanol–water partition coefficient (Wildman–Crippen LogP) is 3.42. The minimum Gasteiger partial charge on any atom is -0.481 e. The molecule has 7 nitrogen and oxygen atoms in total. The molecule has 160 valence electrons. The zero-order valence-electron chi connectivity index (χ0n) is 16.8. The Kier molecular flexibility index (Phi) is 8.23. The third kappa shape index (κ3) is 6.05. The topological polar surface area (TPSA) is 94.1 Å². The van der Waals surface area contributed by atoms with Crippen molar-refractivity contribution in [1.29, 1.82) is 0 Å². The van der Waals surface area contributed by atoms with E-state index < -0.39 is 12.1 Å². The van der Waals surface area contributed by atoms with Crippen LogP contribution in [-0.4, -0.2) is 56.7 Å². The summed E-state index contributed by atoms with van der Waals surface area (Å²) in [6, 6.07) is 16.4. The van der Waals surface area contributed by atoms with E-state index in [1.807, 2.05) is 24.3 Å². The Labute approximate surface area is 176 Å². The van der Waals surface area contributed by atoms with Crippen molar-refractivity contribution in [3.63, 3.8) is 0 Å². The van der Waals surface area contributed by atoms with Crippen LogP contribution in [0.5, 0.6) is 0 Å². The third-order valence-electron chi connectivity index (χ3n) is 4.91. The molecule has 0 saturated carbocycles. The lowest BCUT2D eigenvalue weighted by atomic mass is 9.98. The Morgan fingerprint density at radius 3 is 2.10 bits per heavy atom. The number of carbonyl (C=O) groups excluding carboxylic acids is 1. The summed E-state index contributed by atoms with van der Waals surface area (Å²) < 4.78 is 16.0. The molecule has 0 saturated heterocycles. The molecule has 2 aromatic carbocycles. The molecule has 0 aromatic heterocycles. The highest BCUT2D eigenvalue weighted by molar-refractivity contribution is 5.79. The molecule has 0 atom stereocenters. The van der Waals surface area contributed by atoms with Gasteiger partial charge in [-0.3, -0.25) is 4.79 Å². The number of fused-ring (bicyclic) bond motifs is 3. The van der Waals surface area contributed by atoms with Crippen LogP contribution in [0.4, 0.5) is 4.79 Å². The summed E-state index contributed by atoms with van der Waals surface area (Å²) in [4.78, 5) is 22.4. The molecule has 0 bridgehead atoms. The van der Waals surface area contributed by atoms with Gasteiger partial charge in [0.1, 0.15) is 6.61 Å². The van der Waals surface area contributed by atoms with Gasteiger partial charge in [0, 0.05) is 19.1 Å². The van der Waals surface area contributed by atoms with Gasteiger partial charge in [-0.25, -0.2) is 4.79 Å². The molecular formula is C23H27NO6. The van der Waals surface area contributed by atoms with Crippen molar-refractivity contribution in [3.8, 4) is 11.1 Å². The third-order valence-corrected chi connectivity index (χ3v) is 4.91. The van der Waals surface area contributed by atoms with Crippen molar-refractivity contribution < 1.29 is 28.9 Å². The van der Waals surface area contributed by atoms with Gasteiger partial charge in [0.25, 0.3) is 0 Å². The molecule has 1 aliphatic carbocycles. The van der Waals surface area contributed by atoms with E-state index in [4.69, 9.17) is 19.3 Å². The number of ether oxygens (including phenoxy) is 3. The van der Waals surface area contributed by atoms with E-state index in [-0.39, 0.29) is 18.9 Å². The number of hydrogen-bond donors (Lipinski definition) is 2. The highest BCUT2D eigenvalue weighted by Gasteiger charge is 2.28. The van der Waals surface area contributed by atoms with Gasteiger partial charge in [-0.15, -0.1) is 0 Å². The Morgan fingerprint density at radius 2 is 1.47 bits per heavy atom. The van der Waals surface area contributed by atoms with Crippen molar-refractivity contribution in [2.75, 3.05) is 39.6 Å². The average Bonchev–Trinajstić information content (AvgIpc) is 3.07. The van der Waals surface area contributed by atoms with Crippen LogP contribution in [0.2, 0.25) is 0 Å². The van der Waals surface area contributed by atoms with Crippen LogP contribution in [0.1, 0.15) is 29.9 Å². The molecule has 0 heterocycles. The van der Waals surface area contributed by atoms with Crippen LogP contribution in [0.3, 0.4) is 0 Å². The van der Waals surface area contributed by atoms with Gasteiger partial charge in [0.2, 0.25) is 0 Å². The number of rotatable bonds is 12. The summed E-state index contributed by atoms with van der Waals surface area (Å²) in [5.74, 6) is -0.831. The number of benzene rings is 2. The lowest BCUT2D eigenvalue weighted by Gasteiger charge is -2.14. The SMILES string of the molecule is O=C(O)CCOCCOCCCNC(=O)OCC1c2ccccc2-c2ccccc21. The largest absolute Gasteiger partial charge is 0.481 e. The highest BCUT2D eigenvalue weighted by Crippen LogP contribution is 2.44. The zero-order valence-corrected chi connectivity index (χ0v) is 16.8. The first kappa shape index (κ1) is 21.8. The number of nitrogens with one attached hydrogen (secondary N) is 1. The molecule has 0 aliphatic heterocycles. The Bertz CT molecular complexity index is 808. The van der Waals surface area contributed by atoms with Crippen molar-refractivity contribution in [2.24, 2.45) is 0 Å². The molecule has 3 rings (SSSR count). The van der Waals surface area contributed by atoms with Crippen molar-refractivity contribution in [1.82, 2.24) is 5.32 Å². The van der Waals surface area contributed by atoms with E-state index in [1.54, 1.807) is 0 Å². The highest BCUT2D eigenvalue weighted by atomic mass is 16.5. The number of carboxylic acid groups (broad SMARTS) is 1. The van der Waals surface area contributed by atoms with Crippen LogP contribution in [0.25, 0.3) is 11.1 Å². The van der Waals surface area contributed by atoms with Crippen LogP contribution < -0.4 is 5.32 Å². The molecule has 7 heteroatoms. The average molecular weight is 413 g/mol. The summed E-state index contributed by atoms with van der Waals surface area (Å²) >= 11 is 0. The van der Waals surface area contributed by atoms with E-state index in [2.05, 4.69) is 29.6 Å². The number of hydrogen-bond acceptors (Lipinski definition) is 5. The standard InChI is InChI=1S/C23H27NO6/c25-22(26)10-13-29-15-14-28-12-5-11-24-23(27)30-16-21-19-8-3-1-6-17(19)18-7-2-4-9-20(18)21/h1-4,6-9,21H,5,10-16H2,(H,24,27)(H,25,26). The Morgan fingerprint density at radius 1 is 0.867 bits per heavy atom. The summed E-state index contributed by atoms with van der Waals surface area (Å²) in [6.45, 7) is 2.16. The molecule has 1 aliphatic rings. The van der Waals surface area contributed by atoms with E-state index in [0.29, 0.717) is 39.4 Å². The maximum Gasteiger partial charge on any atom is 0.407 e. The fraction of sp³-hybridized carbons (Fsp3) is 0.391. The van der Waals surface area contributed by atoms with Gasteiger partial charge in [-0.2, -0.15) is 0 Å². The van der Waals surface area contributed by atoms with E-state index >= 15 is 0 Å². The number of alkyl carbamates (subject to hydrolysis) is 1. The number of aliphatic carboxylic acids is 1. The van der Waals surface area contributed by atoms with E-state index in [1.165, 1.54) is 22.3 Å². The molecule has 0 radical (unpaired) electrons. The molecule has 2 N–H and O–H groups in total. The van der Waals surface area contributed by atoms with E-state index in [9.17, 15) is 9.59 Å². The minimum atomic E-state index is -0.879. The summed E-state index contributed by atoms with van der Waals surface area (Å²) in [7, 11) is 0. The Hall–Kier alpha value is -2.90. The maximum absolute atomic E-state index is 12.0. The normalized spacial score (nSPS) is 12.3. The van der Waals surface area contributed by atoms with E-state index in [0.717, 1.165) is 0 Å². The molecule has 1 amide bonds. The smallest absolute Gasteiger partial charge is 0.407 e. The second-order valence-corrected chi connectivity index (χ2v) is 6.97. The van der Waals surface area contributed by atoms with Crippen molar-refractivity contribution in [3.05, 3.63) is 59.7 Å². The fourth-order valence-corrected chi connectivity index (χ4v) is 3.50. The summed E-state index contributed by atoms with van der Waals surface area (Å²) in [5.41, 5.74) is 4.77. The van der Waals surface area contributed by atoms with Crippen LogP contribution in [-0.2, 0) is 19.0 Å². The number of carboxylic acids is 1. The molecule has 30 heavy (non-hydrogen) atoms. The molecule has 0 spiro atoms. The monoisotopic (exact) mass is 413 g/mol. The molecular weight excluding hydrogens is 386 g/mol. The summed E-state index contributed by atoms with van der Waals surface area (Å²) in [6.07, 6.45) is 0.206. The number of amides is 1. The minimum absolute atomic E-state index is 0.00986. The van der Waals surface area contributed by atoms with Crippen molar-refractivity contribution >= 4 is 12.1 Å². The molecule has 2 aromatic rings. The van der Waals surface area contributed by atoms with Gasteiger partial charge in [-0.05, 0) is 28.7 Å². The van der Waals surface area contributed by atoms with Gasteiger partial charge >= 0.3 is 12.1 Å². The lowest BCUT2D eigenvalue weighted by Crippen LogP contribution is -2.27. The van der Waals surface area contributed by atoms with Crippen molar-refractivity contribution in [2.45, 2.75) is 18.8 Å². The van der Waals surface area contributed by atoms with Gasteiger partial charge in [0.05, 0.1) is 26.2 Å². The first-order valence-corrected chi connectivity index (χ1v) is 10.1. The lowest BCUT2D eigenvalue weighted by molar-refractivity contribution is -0.138.